The second kappa shape index (κ2) is 5.48. The van der Waals surface area contributed by atoms with Gasteiger partial charge in [0.25, 0.3) is 0 Å². The van der Waals surface area contributed by atoms with Crippen LogP contribution in [0.2, 0.25) is 0 Å². The number of rotatable bonds is 4. The normalized spacial score (nSPS) is 29.9. The summed E-state index contributed by atoms with van der Waals surface area (Å²) in [4.78, 5) is 0. The molecule has 2 aliphatic rings. The molecule has 110 valence electrons. The third-order valence-electron chi connectivity index (χ3n) is 5.51. The van der Waals surface area contributed by atoms with Crippen molar-refractivity contribution in [2.75, 3.05) is 6.54 Å². The van der Waals surface area contributed by atoms with Gasteiger partial charge in [-0.15, -0.1) is 0 Å². The monoisotopic (exact) mass is 275 g/mol. The maximum atomic E-state index is 13.6. The average Bonchev–Trinajstić information content (AvgIpc) is 2.98. The predicted octanol–water partition coefficient (Wildman–Crippen LogP) is 4.53. The van der Waals surface area contributed by atoms with Crippen LogP contribution in [-0.2, 0) is 0 Å². The van der Waals surface area contributed by atoms with Crippen molar-refractivity contribution < 1.29 is 4.39 Å². The predicted molar refractivity (Wildman–Crippen MR) is 81.2 cm³/mol. The fourth-order valence-electron chi connectivity index (χ4n) is 4.80. The fourth-order valence-corrected chi connectivity index (χ4v) is 4.80. The summed E-state index contributed by atoms with van der Waals surface area (Å²) in [6.45, 7) is 7.27. The van der Waals surface area contributed by atoms with Gasteiger partial charge in [0, 0.05) is 6.04 Å². The molecule has 1 nitrogen and oxygen atoms in total. The van der Waals surface area contributed by atoms with Gasteiger partial charge in [-0.25, -0.2) is 4.39 Å². The highest BCUT2D eigenvalue weighted by Gasteiger charge is 2.43. The van der Waals surface area contributed by atoms with Crippen LogP contribution in [0.4, 0.5) is 4.39 Å². The van der Waals surface area contributed by atoms with Gasteiger partial charge < -0.3 is 5.32 Å². The lowest BCUT2D eigenvalue weighted by molar-refractivity contribution is 0.252. The van der Waals surface area contributed by atoms with Crippen LogP contribution in [0.1, 0.15) is 55.3 Å². The van der Waals surface area contributed by atoms with E-state index in [0.717, 1.165) is 35.4 Å². The molecule has 4 unspecified atom stereocenters. The number of halogens is 1. The third kappa shape index (κ3) is 2.39. The van der Waals surface area contributed by atoms with E-state index in [1.807, 2.05) is 0 Å². The molecule has 0 spiro atoms. The summed E-state index contributed by atoms with van der Waals surface area (Å²) in [7, 11) is 0. The molecule has 3 rings (SSSR count). The number of fused-ring (bicyclic) bond motifs is 2. The van der Waals surface area contributed by atoms with Crippen molar-refractivity contribution in [2.24, 2.45) is 17.8 Å². The number of aryl methyl sites for hydroxylation is 2. The minimum Gasteiger partial charge on any atom is -0.310 e. The van der Waals surface area contributed by atoms with Gasteiger partial charge in [-0.05, 0) is 86.2 Å². The van der Waals surface area contributed by atoms with Crippen molar-refractivity contribution in [1.82, 2.24) is 5.32 Å². The van der Waals surface area contributed by atoms with Crippen LogP contribution in [0.5, 0.6) is 0 Å². The maximum Gasteiger partial charge on any atom is 0.123 e. The van der Waals surface area contributed by atoms with Crippen LogP contribution in [0.15, 0.2) is 12.1 Å². The highest BCUT2D eigenvalue weighted by Crippen LogP contribution is 2.53. The Morgan fingerprint density at radius 3 is 2.40 bits per heavy atom. The summed E-state index contributed by atoms with van der Waals surface area (Å²) in [5.74, 6) is 2.48. The zero-order valence-electron chi connectivity index (χ0n) is 12.9. The molecule has 2 fully saturated rings. The van der Waals surface area contributed by atoms with E-state index in [1.165, 1.54) is 31.2 Å². The Morgan fingerprint density at radius 2 is 1.90 bits per heavy atom. The Hall–Kier alpha value is -0.890. The molecule has 1 N–H and O–H groups in total. The third-order valence-corrected chi connectivity index (χ3v) is 5.51. The van der Waals surface area contributed by atoms with Crippen molar-refractivity contribution in [3.05, 3.63) is 34.6 Å². The van der Waals surface area contributed by atoms with E-state index in [1.54, 1.807) is 12.1 Å². The molecule has 1 aromatic carbocycles. The summed E-state index contributed by atoms with van der Waals surface area (Å²) in [6.07, 6.45) is 5.61. The van der Waals surface area contributed by atoms with E-state index in [-0.39, 0.29) is 5.82 Å². The van der Waals surface area contributed by atoms with Gasteiger partial charge in [-0.2, -0.15) is 0 Å². The quantitative estimate of drug-likeness (QED) is 0.851. The molecule has 2 aliphatic carbocycles. The second-order valence-electron chi connectivity index (χ2n) is 6.83. The number of hydrogen-bond donors (Lipinski definition) is 1. The first-order valence-electron chi connectivity index (χ1n) is 8.10. The van der Waals surface area contributed by atoms with Gasteiger partial charge in [0.05, 0.1) is 0 Å². The van der Waals surface area contributed by atoms with E-state index < -0.39 is 0 Å². The molecule has 2 saturated carbocycles. The molecule has 0 aromatic heterocycles. The van der Waals surface area contributed by atoms with Crippen LogP contribution >= 0.6 is 0 Å². The molecule has 0 radical (unpaired) electrons. The van der Waals surface area contributed by atoms with Crippen molar-refractivity contribution in [1.29, 1.82) is 0 Å². The molecule has 4 atom stereocenters. The lowest BCUT2D eigenvalue weighted by Crippen LogP contribution is -2.32. The van der Waals surface area contributed by atoms with Gasteiger partial charge in [0.2, 0.25) is 0 Å². The molecule has 0 amide bonds. The Labute approximate surface area is 122 Å². The molecule has 2 bridgehead atoms. The zero-order chi connectivity index (χ0) is 14.3. The first-order valence-corrected chi connectivity index (χ1v) is 8.10. The van der Waals surface area contributed by atoms with Gasteiger partial charge in [0.1, 0.15) is 5.82 Å². The Bertz CT molecular complexity index is 473. The number of benzene rings is 1. The number of hydrogen-bond acceptors (Lipinski definition) is 1. The Morgan fingerprint density at radius 1 is 1.20 bits per heavy atom. The van der Waals surface area contributed by atoms with Gasteiger partial charge >= 0.3 is 0 Å². The second-order valence-corrected chi connectivity index (χ2v) is 6.83. The molecule has 0 heterocycles. The minimum atomic E-state index is -0.105. The van der Waals surface area contributed by atoms with E-state index in [4.69, 9.17) is 0 Å². The lowest BCUT2D eigenvalue weighted by Gasteiger charge is -2.33. The summed E-state index contributed by atoms with van der Waals surface area (Å²) in [6, 6.07) is 3.80. The van der Waals surface area contributed by atoms with E-state index in [2.05, 4.69) is 26.1 Å². The highest BCUT2D eigenvalue weighted by molar-refractivity contribution is 5.37. The van der Waals surface area contributed by atoms with Crippen LogP contribution < -0.4 is 5.32 Å². The Balaban J connectivity index is 1.95. The molecule has 20 heavy (non-hydrogen) atoms. The van der Waals surface area contributed by atoms with Crippen molar-refractivity contribution in [2.45, 2.75) is 52.5 Å². The topological polar surface area (TPSA) is 12.0 Å². The summed E-state index contributed by atoms with van der Waals surface area (Å²) >= 11 is 0. The molecule has 0 saturated heterocycles. The van der Waals surface area contributed by atoms with Crippen molar-refractivity contribution >= 4 is 0 Å². The molecular weight excluding hydrogens is 249 g/mol. The summed E-state index contributed by atoms with van der Waals surface area (Å²) in [5.41, 5.74) is 3.57. The lowest BCUT2D eigenvalue weighted by atomic mass is 9.78. The first-order chi connectivity index (χ1) is 9.60. The van der Waals surface area contributed by atoms with Crippen LogP contribution in [0.25, 0.3) is 0 Å². The molecule has 2 heteroatoms. The van der Waals surface area contributed by atoms with E-state index in [0.29, 0.717) is 6.04 Å². The molecule has 0 aliphatic heterocycles. The van der Waals surface area contributed by atoms with Crippen molar-refractivity contribution in [3.63, 3.8) is 0 Å². The largest absolute Gasteiger partial charge is 0.310 e. The van der Waals surface area contributed by atoms with Crippen LogP contribution in [-0.4, -0.2) is 6.54 Å². The van der Waals surface area contributed by atoms with Gasteiger partial charge in [0.15, 0.2) is 0 Å². The Kier molecular flexibility index (Phi) is 3.85. The van der Waals surface area contributed by atoms with Crippen LogP contribution in [0, 0.1) is 37.4 Å². The van der Waals surface area contributed by atoms with Gasteiger partial charge in [-0.3, -0.25) is 0 Å². The standard InChI is InChI=1S/C18H26FN/c1-4-20-18(16-10-13-5-6-14(16)9-13)17-11(2)7-15(19)8-12(17)3/h7-8,13-14,16,18,20H,4-6,9-10H2,1-3H3. The maximum absolute atomic E-state index is 13.6. The van der Waals surface area contributed by atoms with Crippen LogP contribution in [0.3, 0.4) is 0 Å². The minimum absolute atomic E-state index is 0.105. The van der Waals surface area contributed by atoms with Crippen molar-refractivity contribution in [3.8, 4) is 0 Å². The first kappa shape index (κ1) is 14.1. The summed E-state index contributed by atoms with van der Waals surface area (Å²) in [5, 5.41) is 3.70. The average molecular weight is 275 g/mol. The number of nitrogens with one attached hydrogen (secondary N) is 1. The molecule has 1 aromatic rings. The molecular formula is C18H26FN. The fraction of sp³-hybridized carbons (Fsp3) is 0.667. The van der Waals surface area contributed by atoms with Gasteiger partial charge in [-0.1, -0.05) is 13.3 Å². The van der Waals surface area contributed by atoms with E-state index in [9.17, 15) is 4.39 Å². The highest BCUT2D eigenvalue weighted by atomic mass is 19.1. The SMILES string of the molecule is CCNC(c1c(C)cc(F)cc1C)C1CC2CCC1C2. The summed E-state index contributed by atoms with van der Waals surface area (Å²) < 4.78 is 13.6. The smallest absolute Gasteiger partial charge is 0.123 e. The van der Waals surface area contributed by atoms with E-state index >= 15 is 0 Å². The zero-order valence-corrected chi connectivity index (χ0v) is 12.9.